The number of phenolic OH excluding ortho intramolecular Hbond substituents is 1. The molecule has 1 aliphatic heterocycles. The quantitative estimate of drug-likeness (QED) is 0.795. The van der Waals surface area contributed by atoms with Gasteiger partial charge in [0.15, 0.2) is 0 Å². The van der Waals surface area contributed by atoms with E-state index < -0.39 is 0 Å². The highest BCUT2D eigenvalue weighted by Crippen LogP contribution is 2.29. The molecule has 24 heavy (non-hydrogen) atoms. The average molecular weight is 329 g/mol. The predicted molar refractivity (Wildman–Crippen MR) is 95.0 cm³/mol. The molecular weight excluding hydrogens is 302 g/mol. The van der Waals surface area contributed by atoms with E-state index in [0.717, 1.165) is 17.8 Å². The van der Waals surface area contributed by atoms with Crippen LogP contribution in [-0.2, 0) is 4.79 Å². The van der Waals surface area contributed by atoms with Crippen LogP contribution in [-0.4, -0.2) is 29.9 Å². The molecule has 0 radical (unpaired) electrons. The van der Waals surface area contributed by atoms with Crippen molar-refractivity contribution in [1.29, 1.82) is 0 Å². The van der Waals surface area contributed by atoms with Gasteiger partial charge < -0.3 is 10.4 Å². The van der Waals surface area contributed by atoms with E-state index in [2.05, 4.69) is 15.6 Å². The maximum Gasteiger partial charge on any atom is 0.230 e. The summed E-state index contributed by atoms with van der Waals surface area (Å²) in [6.45, 7) is 3.18. The minimum atomic E-state index is -0.329. The summed E-state index contributed by atoms with van der Waals surface area (Å²) in [6.07, 6.45) is 6.30. The standard InChI is InChI=1S/C19H27N3O2/c1-13-17(19(24)20-11-14-6-3-2-4-7-14)18(22-12-21-13)15-8-5-9-16(23)10-15/h5,8-10,14,17-18,22-23H,2-4,6-7,11-12H2,1H3,(H,20,24). The number of nitrogens with zero attached hydrogens (tertiary/aromatic N) is 1. The SMILES string of the molecule is CC1=NCNC(c2cccc(O)c2)C1C(=O)NCC1CCCCC1. The lowest BCUT2D eigenvalue weighted by molar-refractivity contribution is -0.124. The van der Waals surface area contributed by atoms with E-state index in [-0.39, 0.29) is 23.6 Å². The Labute approximate surface area is 143 Å². The second-order valence-electron chi connectivity index (χ2n) is 6.96. The minimum absolute atomic E-state index is 0.0300. The van der Waals surface area contributed by atoms with Crippen molar-refractivity contribution in [1.82, 2.24) is 10.6 Å². The summed E-state index contributed by atoms with van der Waals surface area (Å²) in [5, 5.41) is 16.2. The van der Waals surface area contributed by atoms with Gasteiger partial charge in [0.05, 0.1) is 18.6 Å². The molecule has 1 aliphatic carbocycles. The number of hydrogen-bond donors (Lipinski definition) is 3. The number of aromatic hydroxyl groups is 1. The van der Waals surface area contributed by atoms with E-state index in [4.69, 9.17) is 0 Å². The Morgan fingerprint density at radius 3 is 2.88 bits per heavy atom. The molecule has 1 aromatic carbocycles. The van der Waals surface area contributed by atoms with Gasteiger partial charge in [-0.3, -0.25) is 15.1 Å². The maximum atomic E-state index is 12.8. The zero-order chi connectivity index (χ0) is 16.9. The van der Waals surface area contributed by atoms with Gasteiger partial charge in [0, 0.05) is 12.3 Å². The van der Waals surface area contributed by atoms with Crippen LogP contribution < -0.4 is 10.6 Å². The Hall–Kier alpha value is -1.88. The number of phenols is 1. The van der Waals surface area contributed by atoms with E-state index >= 15 is 0 Å². The van der Waals surface area contributed by atoms with Gasteiger partial charge in [0.25, 0.3) is 0 Å². The Balaban J connectivity index is 1.70. The third kappa shape index (κ3) is 3.96. The predicted octanol–water partition coefficient (Wildman–Crippen LogP) is 2.77. The van der Waals surface area contributed by atoms with Crippen molar-refractivity contribution >= 4 is 11.6 Å². The van der Waals surface area contributed by atoms with Crippen LogP contribution in [0.1, 0.15) is 50.6 Å². The van der Waals surface area contributed by atoms with Gasteiger partial charge in [-0.2, -0.15) is 0 Å². The zero-order valence-corrected chi connectivity index (χ0v) is 14.3. The first-order valence-corrected chi connectivity index (χ1v) is 8.96. The first-order chi connectivity index (χ1) is 11.6. The smallest absolute Gasteiger partial charge is 0.230 e. The van der Waals surface area contributed by atoms with Gasteiger partial charge in [0.2, 0.25) is 5.91 Å². The average Bonchev–Trinajstić information content (AvgIpc) is 2.60. The Morgan fingerprint density at radius 1 is 1.33 bits per heavy atom. The zero-order valence-electron chi connectivity index (χ0n) is 14.3. The lowest BCUT2D eigenvalue weighted by Gasteiger charge is -2.32. The number of amides is 1. The maximum absolute atomic E-state index is 12.8. The number of benzene rings is 1. The Kier molecular flexibility index (Phi) is 5.51. The molecule has 130 valence electrons. The molecule has 1 heterocycles. The van der Waals surface area contributed by atoms with Crippen LogP contribution >= 0.6 is 0 Å². The Morgan fingerprint density at radius 2 is 2.12 bits per heavy atom. The molecule has 1 aromatic rings. The van der Waals surface area contributed by atoms with E-state index in [1.807, 2.05) is 19.1 Å². The lowest BCUT2D eigenvalue weighted by Crippen LogP contribution is -2.47. The second-order valence-corrected chi connectivity index (χ2v) is 6.96. The number of rotatable bonds is 4. The lowest BCUT2D eigenvalue weighted by atomic mass is 9.86. The van der Waals surface area contributed by atoms with Gasteiger partial charge in [-0.15, -0.1) is 0 Å². The first-order valence-electron chi connectivity index (χ1n) is 8.96. The normalized spacial score (nSPS) is 25.1. The molecule has 1 saturated carbocycles. The van der Waals surface area contributed by atoms with E-state index in [9.17, 15) is 9.90 Å². The fraction of sp³-hybridized carbons (Fsp3) is 0.579. The molecule has 5 nitrogen and oxygen atoms in total. The van der Waals surface area contributed by atoms with Crippen LogP contribution in [0.15, 0.2) is 29.3 Å². The molecule has 5 heteroatoms. The second kappa shape index (κ2) is 7.79. The van der Waals surface area contributed by atoms with Gasteiger partial charge >= 0.3 is 0 Å². The molecule has 1 fully saturated rings. The number of carbonyl (C=O) groups excluding carboxylic acids is 1. The minimum Gasteiger partial charge on any atom is -0.508 e. The van der Waals surface area contributed by atoms with Crippen molar-refractivity contribution in [2.75, 3.05) is 13.2 Å². The molecule has 2 aliphatic rings. The summed E-state index contributed by atoms with van der Waals surface area (Å²) in [4.78, 5) is 17.2. The van der Waals surface area contributed by atoms with Crippen molar-refractivity contribution in [3.63, 3.8) is 0 Å². The van der Waals surface area contributed by atoms with Crippen molar-refractivity contribution in [3.05, 3.63) is 29.8 Å². The van der Waals surface area contributed by atoms with Crippen molar-refractivity contribution < 1.29 is 9.90 Å². The molecule has 2 unspecified atom stereocenters. The summed E-state index contributed by atoms with van der Waals surface area (Å²) in [5.74, 6) is 0.526. The largest absolute Gasteiger partial charge is 0.508 e. The molecule has 0 aromatic heterocycles. The van der Waals surface area contributed by atoms with Crippen LogP contribution in [0.3, 0.4) is 0 Å². The van der Waals surface area contributed by atoms with Crippen molar-refractivity contribution in [3.8, 4) is 5.75 Å². The van der Waals surface area contributed by atoms with Crippen LogP contribution in [0.2, 0.25) is 0 Å². The monoisotopic (exact) mass is 329 g/mol. The van der Waals surface area contributed by atoms with Crippen molar-refractivity contribution in [2.24, 2.45) is 16.8 Å². The van der Waals surface area contributed by atoms with Crippen LogP contribution in [0, 0.1) is 11.8 Å². The van der Waals surface area contributed by atoms with E-state index in [1.54, 1.807) is 12.1 Å². The topological polar surface area (TPSA) is 73.7 Å². The van der Waals surface area contributed by atoms with Gasteiger partial charge in [-0.05, 0) is 43.4 Å². The molecular formula is C19H27N3O2. The Bertz CT molecular complexity index is 608. The van der Waals surface area contributed by atoms with E-state index in [1.165, 1.54) is 32.1 Å². The molecule has 0 spiro atoms. The molecule has 3 rings (SSSR count). The van der Waals surface area contributed by atoms with Crippen LogP contribution in [0.5, 0.6) is 5.75 Å². The molecule has 2 atom stereocenters. The molecule has 3 N–H and O–H groups in total. The van der Waals surface area contributed by atoms with Crippen molar-refractivity contribution in [2.45, 2.75) is 45.1 Å². The number of carbonyl (C=O) groups is 1. The van der Waals surface area contributed by atoms with Gasteiger partial charge in [0.1, 0.15) is 5.75 Å². The van der Waals surface area contributed by atoms with Crippen LogP contribution in [0.25, 0.3) is 0 Å². The first kappa shape index (κ1) is 17.0. The molecule has 0 bridgehead atoms. The highest BCUT2D eigenvalue weighted by atomic mass is 16.3. The number of nitrogens with one attached hydrogen (secondary N) is 2. The summed E-state index contributed by atoms with van der Waals surface area (Å²) >= 11 is 0. The number of hydrogen-bond acceptors (Lipinski definition) is 4. The van der Waals surface area contributed by atoms with E-state index in [0.29, 0.717) is 12.6 Å². The summed E-state index contributed by atoms with van der Waals surface area (Å²) in [7, 11) is 0. The van der Waals surface area contributed by atoms with Crippen LogP contribution in [0.4, 0.5) is 0 Å². The molecule has 1 amide bonds. The summed E-state index contributed by atoms with van der Waals surface area (Å²) in [5.41, 5.74) is 1.77. The fourth-order valence-corrected chi connectivity index (χ4v) is 3.84. The summed E-state index contributed by atoms with van der Waals surface area (Å²) < 4.78 is 0. The van der Waals surface area contributed by atoms with Gasteiger partial charge in [-0.1, -0.05) is 31.4 Å². The van der Waals surface area contributed by atoms with Gasteiger partial charge in [-0.25, -0.2) is 0 Å². The highest BCUT2D eigenvalue weighted by molar-refractivity contribution is 6.04. The molecule has 0 saturated heterocycles. The third-order valence-electron chi connectivity index (χ3n) is 5.22. The third-order valence-corrected chi connectivity index (χ3v) is 5.22. The summed E-state index contributed by atoms with van der Waals surface area (Å²) in [6, 6.07) is 6.96. The highest BCUT2D eigenvalue weighted by Gasteiger charge is 2.34. The number of aliphatic imine (C=N–C) groups is 1. The fourth-order valence-electron chi connectivity index (χ4n) is 3.84.